The maximum Gasteiger partial charge on any atom is 0.0239 e. The lowest BCUT2D eigenvalue weighted by molar-refractivity contribution is 0.239. The molecule has 2 rings (SSSR count). The number of benzene rings is 1. The second-order valence-electron chi connectivity index (χ2n) is 6.51. The highest BCUT2D eigenvalue weighted by Crippen LogP contribution is 2.29. The van der Waals surface area contributed by atoms with Crippen molar-refractivity contribution in [2.24, 2.45) is 5.92 Å². The molecule has 0 radical (unpaired) electrons. The third-order valence-corrected chi connectivity index (χ3v) is 4.19. The van der Waals surface area contributed by atoms with Gasteiger partial charge >= 0.3 is 0 Å². The molecule has 20 heavy (non-hydrogen) atoms. The third-order valence-electron chi connectivity index (χ3n) is 4.19. The van der Waals surface area contributed by atoms with Crippen LogP contribution in [0.2, 0.25) is 0 Å². The van der Waals surface area contributed by atoms with Crippen molar-refractivity contribution in [2.75, 3.05) is 20.1 Å². The van der Waals surface area contributed by atoms with Crippen LogP contribution in [0.4, 0.5) is 0 Å². The molecule has 1 N–H and O–H groups in total. The van der Waals surface area contributed by atoms with E-state index < -0.39 is 0 Å². The first-order chi connectivity index (χ1) is 9.70. The van der Waals surface area contributed by atoms with Crippen LogP contribution < -0.4 is 5.32 Å². The number of nitrogens with zero attached hydrogens (tertiary/aromatic N) is 1. The second kappa shape index (κ2) is 7.80. The molecule has 0 aliphatic heterocycles. The molecular weight excluding hydrogens is 244 g/mol. The van der Waals surface area contributed by atoms with Gasteiger partial charge in [0.15, 0.2) is 0 Å². The van der Waals surface area contributed by atoms with Crippen LogP contribution >= 0.6 is 0 Å². The van der Waals surface area contributed by atoms with Gasteiger partial charge in [0.25, 0.3) is 0 Å². The topological polar surface area (TPSA) is 15.3 Å². The summed E-state index contributed by atoms with van der Waals surface area (Å²) in [5.41, 5.74) is 3.04. The number of hydrogen-bond acceptors (Lipinski definition) is 2. The Bertz CT molecular complexity index is 396. The molecule has 0 atom stereocenters. The van der Waals surface area contributed by atoms with Gasteiger partial charge in [0.05, 0.1) is 0 Å². The van der Waals surface area contributed by atoms with Crippen molar-refractivity contribution in [2.45, 2.75) is 52.1 Å². The minimum absolute atomic E-state index is 0.802. The molecule has 1 aromatic rings. The summed E-state index contributed by atoms with van der Waals surface area (Å²) in [7, 11) is 2.03. The lowest BCUT2D eigenvalue weighted by Crippen LogP contribution is -2.28. The summed E-state index contributed by atoms with van der Waals surface area (Å²) < 4.78 is 0. The Morgan fingerprint density at radius 3 is 2.50 bits per heavy atom. The van der Waals surface area contributed by atoms with Gasteiger partial charge in [-0.05, 0) is 62.9 Å². The van der Waals surface area contributed by atoms with E-state index in [1.54, 1.807) is 0 Å². The first-order valence-electron chi connectivity index (χ1n) is 8.16. The zero-order valence-electron chi connectivity index (χ0n) is 13.4. The maximum atomic E-state index is 3.26. The van der Waals surface area contributed by atoms with Crippen LogP contribution in [-0.4, -0.2) is 31.1 Å². The highest BCUT2D eigenvalue weighted by Gasteiger charge is 2.28. The predicted molar refractivity (Wildman–Crippen MR) is 87.0 cm³/mol. The van der Waals surface area contributed by atoms with E-state index in [4.69, 9.17) is 0 Å². The van der Waals surface area contributed by atoms with E-state index in [1.807, 2.05) is 7.05 Å². The van der Waals surface area contributed by atoms with Crippen molar-refractivity contribution in [3.8, 4) is 0 Å². The molecule has 1 saturated carbocycles. The Labute approximate surface area is 124 Å². The molecule has 1 aromatic carbocycles. The van der Waals surface area contributed by atoms with Crippen LogP contribution in [0.15, 0.2) is 24.3 Å². The number of rotatable bonds is 9. The van der Waals surface area contributed by atoms with Gasteiger partial charge in [0.2, 0.25) is 0 Å². The quantitative estimate of drug-likeness (QED) is 0.742. The van der Waals surface area contributed by atoms with E-state index in [-0.39, 0.29) is 0 Å². The van der Waals surface area contributed by atoms with Crippen LogP contribution in [0.3, 0.4) is 0 Å². The van der Waals surface area contributed by atoms with E-state index in [0.717, 1.165) is 31.5 Å². The van der Waals surface area contributed by atoms with Gasteiger partial charge in [-0.15, -0.1) is 0 Å². The summed E-state index contributed by atoms with van der Waals surface area (Å²) in [5.74, 6) is 0.802. The Hall–Kier alpha value is -0.860. The van der Waals surface area contributed by atoms with Gasteiger partial charge in [-0.3, -0.25) is 4.90 Å². The summed E-state index contributed by atoms with van der Waals surface area (Å²) in [4.78, 5) is 2.71. The van der Waals surface area contributed by atoms with Crippen LogP contribution in [0, 0.1) is 5.92 Å². The minimum Gasteiger partial charge on any atom is -0.319 e. The molecule has 0 unspecified atom stereocenters. The molecular formula is C18H30N2. The van der Waals surface area contributed by atoms with Crippen LogP contribution in [-0.2, 0) is 13.0 Å². The molecule has 2 nitrogen and oxygen atoms in total. The first kappa shape index (κ1) is 15.5. The van der Waals surface area contributed by atoms with Crippen LogP contribution in [0.1, 0.15) is 44.2 Å². The first-order valence-corrected chi connectivity index (χ1v) is 8.16. The summed E-state index contributed by atoms with van der Waals surface area (Å²) in [5, 5.41) is 3.26. The Morgan fingerprint density at radius 2 is 1.90 bits per heavy atom. The standard InChI is InChI=1S/C18H30N2/c1-15(2)11-13-20(18-8-9-18)14-17-7-5-4-6-16(17)10-12-19-3/h4-7,15,18-19H,8-14H2,1-3H3. The van der Waals surface area contributed by atoms with Crippen LogP contribution in [0.5, 0.6) is 0 Å². The number of hydrogen-bond donors (Lipinski definition) is 1. The van der Waals surface area contributed by atoms with Crippen molar-refractivity contribution in [3.05, 3.63) is 35.4 Å². The van der Waals surface area contributed by atoms with E-state index in [9.17, 15) is 0 Å². The fraction of sp³-hybridized carbons (Fsp3) is 0.667. The van der Waals surface area contributed by atoms with E-state index in [2.05, 4.69) is 48.3 Å². The number of likely N-dealkylation sites (N-methyl/N-ethyl adjacent to an activating group) is 1. The SMILES string of the molecule is CNCCc1ccccc1CN(CCC(C)C)C1CC1. The van der Waals surface area contributed by atoms with E-state index in [0.29, 0.717) is 0 Å². The highest BCUT2D eigenvalue weighted by molar-refractivity contribution is 5.27. The summed E-state index contributed by atoms with van der Waals surface area (Å²) >= 11 is 0. The number of nitrogens with one attached hydrogen (secondary N) is 1. The smallest absolute Gasteiger partial charge is 0.0239 e. The Kier molecular flexibility index (Phi) is 6.06. The van der Waals surface area contributed by atoms with Crippen molar-refractivity contribution in [1.29, 1.82) is 0 Å². The van der Waals surface area contributed by atoms with E-state index >= 15 is 0 Å². The summed E-state index contributed by atoms with van der Waals surface area (Å²) in [6.45, 7) is 8.10. The molecule has 1 fully saturated rings. The maximum absolute atomic E-state index is 3.26. The van der Waals surface area contributed by atoms with E-state index in [1.165, 1.54) is 36.9 Å². The largest absolute Gasteiger partial charge is 0.319 e. The molecule has 0 spiro atoms. The van der Waals surface area contributed by atoms with Gasteiger partial charge in [-0.25, -0.2) is 0 Å². The second-order valence-corrected chi connectivity index (χ2v) is 6.51. The lowest BCUT2D eigenvalue weighted by atomic mass is 10.0. The fourth-order valence-corrected chi connectivity index (χ4v) is 2.69. The molecule has 0 aromatic heterocycles. The van der Waals surface area contributed by atoms with Crippen molar-refractivity contribution in [3.63, 3.8) is 0 Å². The summed E-state index contributed by atoms with van der Waals surface area (Å²) in [6.07, 6.45) is 5.25. The fourth-order valence-electron chi connectivity index (χ4n) is 2.69. The third kappa shape index (κ3) is 4.92. The molecule has 0 heterocycles. The molecule has 0 saturated heterocycles. The zero-order valence-corrected chi connectivity index (χ0v) is 13.4. The van der Waals surface area contributed by atoms with Gasteiger partial charge in [0.1, 0.15) is 0 Å². The minimum atomic E-state index is 0.802. The molecule has 0 bridgehead atoms. The monoisotopic (exact) mass is 274 g/mol. The van der Waals surface area contributed by atoms with Gasteiger partial charge in [-0.1, -0.05) is 38.1 Å². The highest BCUT2D eigenvalue weighted by atomic mass is 15.2. The Morgan fingerprint density at radius 1 is 1.20 bits per heavy atom. The van der Waals surface area contributed by atoms with Crippen molar-refractivity contribution >= 4 is 0 Å². The van der Waals surface area contributed by atoms with Crippen molar-refractivity contribution < 1.29 is 0 Å². The van der Waals surface area contributed by atoms with Gasteiger partial charge in [-0.2, -0.15) is 0 Å². The molecule has 0 amide bonds. The average Bonchev–Trinajstić information content (AvgIpc) is 3.26. The van der Waals surface area contributed by atoms with Crippen molar-refractivity contribution in [1.82, 2.24) is 10.2 Å². The van der Waals surface area contributed by atoms with Crippen LogP contribution in [0.25, 0.3) is 0 Å². The summed E-state index contributed by atoms with van der Waals surface area (Å²) in [6, 6.07) is 9.82. The Balaban J connectivity index is 1.98. The predicted octanol–water partition coefficient (Wildman–Crippen LogP) is 3.46. The molecule has 1 aliphatic carbocycles. The molecule has 112 valence electrons. The van der Waals surface area contributed by atoms with Gasteiger partial charge < -0.3 is 5.32 Å². The zero-order chi connectivity index (χ0) is 14.4. The molecule has 1 aliphatic rings. The lowest BCUT2D eigenvalue weighted by Gasteiger charge is -2.24. The molecule has 2 heteroatoms. The normalized spacial score (nSPS) is 15.2. The average molecular weight is 274 g/mol. The van der Waals surface area contributed by atoms with Gasteiger partial charge in [0, 0.05) is 12.6 Å².